The summed E-state index contributed by atoms with van der Waals surface area (Å²) >= 11 is 0. The molecular formula is C15H25N3O2. The average molecular weight is 279 g/mol. The zero-order chi connectivity index (χ0) is 14.5. The van der Waals surface area contributed by atoms with Crippen molar-refractivity contribution in [3.05, 3.63) is 23.8 Å². The first-order valence-electron chi connectivity index (χ1n) is 7.22. The van der Waals surface area contributed by atoms with E-state index in [1.807, 2.05) is 6.92 Å². The van der Waals surface area contributed by atoms with Crippen molar-refractivity contribution in [2.24, 2.45) is 0 Å². The van der Waals surface area contributed by atoms with Gasteiger partial charge in [0.25, 0.3) is 0 Å². The molecule has 0 radical (unpaired) electrons. The van der Waals surface area contributed by atoms with Gasteiger partial charge in [-0.15, -0.1) is 0 Å². The number of phenols is 2. The molecular weight excluding hydrogens is 254 g/mol. The van der Waals surface area contributed by atoms with Gasteiger partial charge in [0.05, 0.1) is 0 Å². The number of aromatic hydroxyl groups is 2. The van der Waals surface area contributed by atoms with Crippen LogP contribution < -0.4 is 5.32 Å². The molecule has 0 aromatic heterocycles. The SMILES string of the molecule is CC(NCCN1CCN(C)CC1)c1cc(O)ccc1O. The van der Waals surface area contributed by atoms with E-state index in [9.17, 15) is 10.2 Å². The smallest absolute Gasteiger partial charge is 0.120 e. The molecule has 112 valence electrons. The fourth-order valence-electron chi connectivity index (χ4n) is 2.51. The maximum Gasteiger partial charge on any atom is 0.120 e. The molecule has 3 N–H and O–H groups in total. The number of phenolic OH excluding ortho intramolecular Hbond substituents is 2. The fraction of sp³-hybridized carbons (Fsp3) is 0.600. The lowest BCUT2D eigenvalue weighted by Crippen LogP contribution is -2.46. The Kier molecular flexibility index (Phi) is 5.23. The van der Waals surface area contributed by atoms with E-state index in [4.69, 9.17) is 0 Å². The number of nitrogens with zero attached hydrogens (tertiary/aromatic N) is 2. The maximum absolute atomic E-state index is 9.82. The summed E-state index contributed by atoms with van der Waals surface area (Å²) in [6.45, 7) is 8.37. The summed E-state index contributed by atoms with van der Waals surface area (Å²) in [5.74, 6) is 0.410. The van der Waals surface area contributed by atoms with Gasteiger partial charge in [-0.1, -0.05) is 0 Å². The van der Waals surface area contributed by atoms with Crippen molar-refractivity contribution in [2.45, 2.75) is 13.0 Å². The monoisotopic (exact) mass is 279 g/mol. The highest BCUT2D eigenvalue weighted by atomic mass is 16.3. The van der Waals surface area contributed by atoms with E-state index in [-0.39, 0.29) is 17.5 Å². The van der Waals surface area contributed by atoms with Crippen LogP contribution in [0.25, 0.3) is 0 Å². The second kappa shape index (κ2) is 6.92. The zero-order valence-electron chi connectivity index (χ0n) is 12.3. The molecule has 1 aliphatic rings. The Balaban J connectivity index is 1.77. The van der Waals surface area contributed by atoms with E-state index < -0.39 is 0 Å². The molecule has 2 rings (SSSR count). The lowest BCUT2D eigenvalue weighted by atomic mass is 10.1. The Bertz CT molecular complexity index is 431. The van der Waals surface area contributed by atoms with Crippen molar-refractivity contribution in [1.82, 2.24) is 15.1 Å². The largest absolute Gasteiger partial charge is 0.508 e. The third-order valence-corrected chi connectivity index (χ3v) is 3.95. The van der Waals surface area contributed by atoms with Gasteiger partial charge < -0.3 is 20.4 Å². The molecule has 1 saturated heterocycles. The Morgan fingerprint density at radius 2 is 1.90 bits per heavy atom. The van der Waals surface area contributed by atoms with Crippen molar-refractivity contribution < 1.29 is 10.2 Å². The van der Waals surface area contributed by atoms with Crippen molar-refractivity contribution in [1.29, 1.82) is 0 Å². The van der Waals surface area contributed by atoms with Crippen LogP contribution >= 0.6 is 0 Å². The predicted molar refractivity (Wildman–Crippen MR) is 80.1 cm³/mol. The van der Waals surface area contributed by atoms with Gasteiger partial charge in [-0.05, 0) is 32.2 Å². The molecule has 1 unspecified atom stereocenters. The molecule has 1 fully saturated rings. The van der Waals surface area contributed by atoms with Gasteiger partial charge in [0.15, 0.2) is 0 Å². The van der Waals surface area contributed by atoms with E-state index in [2.05, 4.69) is 22.2 Å². The van der Waals surface area contributed by atoms with Crippen LogP contribution in [0.4, 0.5) is 0 Å². The molecule has 0 aliphatic carbocycles. The Morgan fingerprint density at radius 1 is 1.20 bits per heavy atom. The highest BCUT2D eigenvalue weighted by Crippen LogP contribution is 2.27. The van der Waals surface area contributed by atoms with Crippen LogP contribution in [0.2, 0.25) is 0 Å². The van der Waals surface area contributed by atoms with Gasteiger partial charge in [0.1, 0.15) is 11.5 Å². The predicted octanol–water partition coefficient (Wildman–Crippen LogP) is 0.996. The second-order valence-corrected chi connectivity index (χ2v) is 5.56. The van der Waals surface area contributed by atoms with Gasteiger partial charge in [0.2, 0.25) is 0 Å². The minimum Gasteiger partial charge on any atom is -0.508 e. The van der Waals surface area contributed by atoms with Crippen molar-refractivity contribution in [2.75, 3.05) is 46.3 Å². The fourth-order valence-corrected chi connectivity index (χ4v) is 2.51. The van der Waals surface area contributed by atoms with E-state index >= 15 is 0 Å². The number of rotatable bonds is 5. The molecule has 0 amide bonds. The van der Waals surface area contributed by atoms with Gasteiger partial charge in [-0.3, -0.25) is 4.90 Å². The second-order valence-electron chi connectivity index (χ2n) is 5.56. The minimum atomic E-state index is 0.0227. The summed E-state index contributed by atoms with van der Waals surface area (Å²) in [5, 5.41) is 22.7. The quantitative estimate of drug-likeness (QED) is 0.702. The third-order valence-electron chi connectivity index (χ3n) is 3.95. The van der Waals surface area contributed by atoms with Crippen LogP contribution in [0, 0.1) is 0 Å². The van der Waals surface area contributed by atoms with Gasteiger partial charge in [-0.25, -0.2) is 0 Å². The summed E-state index contributed by atoms with van der Waals surface area (Å²) in [6, 6.07) is 4.66. The molecule has 1 atom stereocenters. The van der Waals surface area contributed by atoms with Gasteiger partial charge in [-0.2, -0.15) is 0 Å². The van der Waals surface area contributed by atoms with Crippen LogP contribution in [0.5, 0.6) is 11.5 Å². The standard InChI is InChI=1S/C15H25N3O2/c1-12(14-11-13(19)3-4-15(14)20)16-5-6-18-9-7-17(2)8-10-18/h3-4,11-12,16,19-20H,5-10H2,1-2H3. The summed E-state index contributed by atoms with van der Waals surface area (Å²) in [4.78, 5) is 4.79. The highest BCUT2D eigenvalue weighted by Gasteiger charge is 2.14. The van der Waals surface area contributed by atoms with E-state index in [1.54, 1.807) is 6.07 Å². The van der Waals surface area contributed by atoms with Gasteiger partial charge >= 0.3 is 0 Å². The molecule has 1 aromatic rings. The lowest BCUT2D eigenvalue weighted by molar-refractivity contribution is 0.154. The molecule has 5 heteroatoms. The zero-order valence-corrected chi connectivity index (χ0v) is 12.3. The number of piperazine rings is 1. The van der Waals surface area contributed by atoms with Crippen LogP contribution in [-0.2, 0) is 0 Å². The van der Waals surface area contributed by atoms with E-state index in [0.717, 1.165) is 44.8 Å². The molecule has 5 nitrogen and oxygen atoms in total. The van der Waals surface area contributed by atoms with Gasteiger partial charge in [0, 0.05) is 50.9 Å². The number of benzene rings is 1. The Hall–Kier alpha value is -1.30. The van der Waals surface area contributed by atoms with E-state index in [0.29, 0.717) is 0 Å². The van der Waals surface area contributed by atoms with Crippen molar-refractivity contribution >= 4 is 0 Å². The summed E-state index contributed by atoms with van der Waals surface area (Å²) < 4.78 is 0. The molecule has 1 heterocycles. The average Bonchev–Trinajstić information content (AvgIpc) is 2.43. The van der Waals surface area contributed by atoms with Crippen LogP contribution in [0.15, 0.2) is 18.2 Å². The topological polar surface area (TPSA) is 59.0 Å². The molecule has 0 spiro atoms. The molecule has 20 heavy (non-hydrogen) atoms. The minimum absolute atomic E-state index is 0.0227. The number of hydrogen-bond donors (Lipinski definition) is 3. The maximum atomic E-state index is 9.82. The van der Waals surface area contributed by atoms with Crippen LogP contribution in [0.1, 0.15) is 18.5 Å². The third kappa shape index (κ3) is 4.10. The van der Waals surface area contributed by atoms with Crippen LogP contribution in [-0.4, -0.2) is 66.3 Å². The Labute approximate surface area is 120 Å². The first kappa shape index (κ1) is 15.1. The summed E-state index contributed by atoms with van der Waals surface area (Å²) in [7, 11) is 2.16. The van der Waals surface area contributed by atoms with Crippen molar-refractivity contribution in [3.63, 3.8) is 0 Å². The number of hydrogen-bond acceptors (Lipinski definition) is 5. The number of nitrogens with one attached hydrogen (secondary N) is 1. The first-order chi connectivity index (χ1) is 9.56. The summed E-state index contributed by atoms with van der Waals surface area (Å²) in [6.07, 6.45) is 0. The molecule has 0 bridgehead atoms. The normalized spacial score (nSPS) is 19.1. The molecule has 1 aromatic carbocycles. The van der Waals surface area contributed by atoms with Crippen LogP contribution in [0.3, 0.4) is 0 Å². The van der Waals surface area contributed by atoms with E-state index in [1.165, 1.54) is 12.1 Å². The Morgan fingerprint density at radius 3 is 2.60 bits per heavy atom. The highest BCUT2D eigenvalue weighted by molar-refractivity contribution is 5.40. The lowest BCUT2D eigenvalue weighted by Gasteiger charge is -2.32. The molecule has 1 aliphatic heterocycles. The van der Waals surface area contributed by atoms with Crippen molar-refractivity contribution in [3.8, 4) is 11.5 Å². The first-order valence-corrected chi connectivity index (χ1v) is 7.22. The number of likely N-dealkylation sites (N-methyl/N-ethyl adjacent to an activating group) is 1. The summed E-state index contributed by atoms with van der Waals surface area (Å²) in [5.41, 5.74) is 0.739. The molecule has 0 saturated carbocycles.